The molecular formula is C29H30F3N3O3. The largest absolute Gasteiger partial charge is 0.460 e. The number of nitrogens with zero attached hydrogens (tertiary/aromatic N) is 3. The van der Waals surface area contributed by atoms with Gasteiger partial charge in [-0.1, -0.05) is 42.5 Å². The topological polar surface area (TPSA) is 53.1 Å². The molecule has 1 amide bonds. The number of esters is 1. The maximum atomic E-state index is 13.0. The minimum Gasteiger partial charge on any atom is -0.460 e. The Morgan fingerprint density at radius 3 is 2.47 bits per heavy atom. The zero-order valence-corrected chi connectivity index (χ0v) is 21.0. The van der Waals surface area contributed by atoms with Gasteiger partial charge in [0.05, 0.1) is 12.2 Å². The molecular weight excluding hydrogens is 495 g/mol. The highest BCUT2D eigenvalue weighted by Crippen LogP contribution is 2.42. The number of anilines is 2. The molecule has 0 bridgehead atoms. The predicted molar refractivity (Wildman–Crippen MR) is 140 cm³/mol. The van der Waals surface area contributed by atoms with E-state index in [1.807, 2.05) is 54.6 Å². The van der Waals surface area contributed by atoms with Crippen molar-refractivity contribution < 1.29 is 27.5 Å². The van der Waals surface area contributed by atoms with Crippen molar-refractivity contribution in [2.24, 2.45) is 0 Å². The summed E-state index contributed by atoms with van der Waals surface area (Å²) < 4.78 is 43.5. The van der Waals surface area contributed by atoms with Crippen LogP contribution >= 0.6 is 0 Å². The Morgan fingerprint density at radius 2 is 1.68 bits per heavy atom. The zero-order valence-electron chi connectivity index (χ0n) is 21.0. The number of rotatable bonds is 8. The van der Waals surface area contributed by atoms with Crippen molar-refractivity contribution in [2.75, 3.05) is 49.1 Å². The quantitative estimate of drug-likeness (QED) is 0.369. The first-order valence-electron chi connectivity index (χ1n) is 12.9. The summed E-state index contributed by atoms with van der Waals surface area (Å²) in [5.41, 5.74) is 3.14. The fourth-order valence-electron chi connectivity index (χ4n) is 5.30. The maximum Gasteiger partial charge on any atom is 0.389 e. The molecule has 6 nitrogen and oxygen atoms in total. The van der Waals surface area contributed by atoms with E-state index >= 15 is 0 Å². The van der Waals surface area contributed by atoms with Crippen molar-refractivity contribution in [3.8, 4) is 0 Å². The number of carbonyl (C=O) groups excluding carboxylic acids is 2. The lowest BCUT2D eigenvalue weighted by molar-refractivity contribution is -0.146. The second kappa shape index (κ2) is 11.0. The van der Waals surface area contributed by atoms with Crippen LogP contribution in [0.1, 0.15) is 35.2 Å². The number of amides is 1. The molecule has 0 spiro atoms. The third-order valence-corrected chi connectivity index (χ3v) is 7.13. The number of alkyl halides is 3. The SMILES string of the molecule is O=C(CN1CCCN(c2ccc3c4c(cccc24)C(=O)N3CCCC(F)(F)F)CC1)OCc1ccccc1. The van der Waals surface area contributed by atoms with E-state index in [2.05, 4.69) is 9.80 Å². The van der Waals surface area contributed by atoms with Crippen LogP contribution in [0, 0.1) is 0 Å². The van der Waals surface area contributed by atoms with Gasteiger partial charge >= 0.3 is 12.1 Å². The summed E-state index contributed by atoms with van der Waals surface area (Å²) in [5, 5.41) is 1.72. The van der Waals surface area contributed by atoms with Crippen molar-refractivity contribution in [1.82, 2.24) is 4.90 Å². The lowest BCUT2D eigenvalue weighted by atomic mass is 10.0. The second-order valence-electron chi connectivity index (χ2n) is 9.77. The molecule has 0 aliphatic carbocycles. The Kier molecular flexibility index (Phi) is 7.56. The highest BCUT2D eigenvalue weighted by Gasteiger charge is 2.33. The van der Waals surface area contributed by atoms with Crippen molar-refractivity contribution in [1.29, 1.82) is 0 Å². The van der Waals surface area contributed by atoms with Gasteiger partial charge in [-0.05, 0) is 36.6 Å². The molecule has 200 valence electrons. The fraction of sp³-hybridized carbons (Fsp3) is 0.379. The molecule has 3 aromatic rings. The standard InChI is InChI=1S/C29H30F3N3O3/c30-29(31,32)13-5-16-35-25-12-11-24(22-9-4-10-23(27(22)25)28(35)37)34-15-6-14-33(17-18-34)19-26(36)38-20-21-7-2-1-3-8-21/h1-4,7-12H,5-6,13-20H2. The minimum atomic E-state index is -4.24. The van der Waals surface area contributed by atoms with Gasteiger partial charge in [-0.3, -0.25) is 14.5 Å². The lowest BCUT2D eigenvalue weighted by Crippen LogP contribution is -2.35. The van der Waals surface area contributed by atoms with Gasteiger partial charge in [-0.25, -0.2) is 0 Å². The normalized spacial score (nSPS) is 16.2. The van der Waals surface area contributed by atoms with Gasteiger partial charge < -0.3 is 14.5 Å². The van der Waals surface area contributed by atoms with Crippen LogP contribution < -0.4 is 9.80 Å². The number of ether oxygens (including phenoxy) is 1. The summed E-state index contributed by atoms with van der Waals surface area (Å²) in [7, 11) is 0. The molecule has 2 aliphatic rings. The Hall–Kier alpha value is -3.59. The molecule has 0 unspecified atom stereocenters. The van der Waals surface area contributed by atoms with E-state index in [4.69, 9.17) is 4.74 Å². The van der Waals surface area contributed by atoms with Crippen LogP contribution in [0.4, 0.5) is 24.5 Å². The molecule has 9 heteroatoms. The number of carbonyl (C=O) groups is 2. The first-order valence-corrected chi connectivity index (χ1v) is 12.9. The average Bonchev–Trinajstić information content (AvgIpc) is 3.03. The molecule has 3 aromatic carbocycles. The van der Waals surface area contributed by atoms with Gasteiger partial charge in [0.2, 0.25) is 0 Å². The first kappa shape index (κ1) is 26.0. The number of benzene rings is 3. The van der Waals surface area contributed by atoms with Crippen LogP contribution in [0.2, 0.25) is 0 Å². The van der Waals surface area contributed by atoms with Gasteiger partial charge in [0.1, 0.15) is 6.61 Å². The molecule has 0 N–H and O–H groups in total. The molecule has 0 aromatic heterocycles. The van der Waals surface area contributed by atoms with Gasteiger partial charge in [0.15, 0.2) is 0 Å². The highest BCUT2D eigenvalue weighted by molar-refractivity contribution is 6.26. The van der Waals surface area contributed by atoms with Crippen molar-refractivity contribution >= 4 is 34.0 Å². The first-order chi connectivity index (χ1) is 18.3. The Morgan fingerprint density at radius 1 is 0.895 bits per heavy atom. The van der Waals surface area contributed by atoms with Crippen molar-refractivity contribution in [3.05, 3.63) is 71.8 Å². The summed E-state index contributed by atoms with van der Waals surface area (Å²) in [5.74, 6) is -0.502. The molecule has 1 saturated heterocycles. The molecule has 0 atom stereocenters. The third-order valence-electron chi connectivity index (χ3n) is 7.13. The molecule has 0 saturated carbocycles. The van der Waals surface area contributed by atoms with E-state index in [1.54, 1.807) is 6.07 Å². The minimum absolute atomic E-state index is 0.0283. The van der Waals surface area contributed by atoms with Crippen molar-refractivity contribution in [2.45, 2.75) is 32.0 Å². The monoisotopic (exact) mass is 525 g/mol. The number of hydrogen-bond donors (Lipinski definition) is 0. The highest BCUT2D eigenvalue weighted by atomic mass is 19.4. The van der Waals surface area contributed by atoms with Crippen LogP contribution in [0.25, 0.3) is 10.8 Å². The van der Waals surface area contributed by atoms with Gasteiger partial charge in [-0.2, -0.15) is 13.2 Å². The number of hydrogen-bond acceptors (Lipinski definition) is 5. The third kappa shape index (κ3) is 5.78. The predicted octanol–water partition coefficient (Wildman–Crippen LogP) is 5.40. The van der Waals surface area contributed by atoms with Crippen LogP contribution in [-0.4, -0.2) is 62.2 Å². The Balaban J connectivity index is 1.25. The smallest absolute Gasteiger partial charge is 0.389 e. The zero-order chi connectivity index (χ0) is 26.7. The van der Waals surface area contributed by atoms with Crippen LogP contribution in [-0.2, 0) is 16.1 Å². The lowest BCUT2D eigenvalue weighted by Gasteiger charge is -2.26. The van der Waals surface area contributed by atoms with E-state index in [0.29, 0.717) is 24.3 Å². The molecule has 1 fully saturated rings. The summed E-state index contributed by atoms with van der Waals surface area (Å²) in [4.78, 5) is 31.3. The van der Waals surface area contributed by atoms with E-state index in [9.17, 15) is 22.8 Å². The fourth-order valence-corrected chi connectivity index (χ4v) is 5.30. The van der Waals surface area contributed by atoms with E-state index in [0.717, 1.165) is 41.5 Å². The number of halogens is 3. The van der Waals surface area contributed by atoms with Crippen LogP contribution in [0.3, 0.4) is 0 Å². The summed E-state index contributed by atoms with van der Waals surface area (Å²) in [6.45, 7) is 3.46. The summed E-state index contributed by atoms with van der Waals surface area (Å²) >= 11 is 0. The summed E-state index contributed by atoms with van der Waals surface area (Å²) in [6, 6.07) is 18.9. The van der Waals surface area contributed by atoms with Crippen LogP contribution in [0.5, 0.6) is 0 Å². The maximum absolute atomic E-state index is 13.0. The van der Waals surface area contributed by atoms with Gasteiger partial charge in [-0.15, -0.1) is 0 Å². The average molecular weight is 526 g/mol. The van der Waals surface area contributed by atoms with E-state index in [-0.39, 0.29) is 38.0 Å². The van der Waals surface area contributed by atoms with E-state index in [1.165, 1.54) is 4.90 Å². The van der Waals surface area contributed by atoms with E-state index < -0.39 is 12.6 Å². The Labute approximate surface area is 219 Å². The Bertz CT molecular complexity index is 1310. The second-order valence-corrected chi connectivity index (χ2v) is 9.77. The van der Waals surface area contributed by atoms with Crippen molar-refractivity contribution in [3.63, 3.8) is 0 Å². The molecule has 2 heterocycles. The molecule has 38 heavy (non-hydrogen) atoms. The van der Waals surface area contributed by atoms with Gasteiger partial charge in [0.25, 0.3) is 5.91 Å². The summed E-state index contributed by atoms with van der Waals surface area (Å²) in [6.07, 6.45) is -4.44. The van der Waals surface area contributed by atoms with Crippen LogP contribution in [0.15, 0.2) is 60.7 Å². The molecule has 0 radical (unpaired) electrons. The van der Waals surface area contributed by atoms with Gasteiger partial charge in [0, 0.05) is 61.2 Å². The molecule has 5 rings (SSSR count). The molecule has 2 aliphatic heterocycles.